The fourth-order valence-corrected chi connectivity index (χ4v) is 3.33. The second kappa shape index (κ2) is 11.1. The molecule has 1 rings (SSSR count). The van der Waals surface area contributed by atoms with Crippen LogP contribution in [0.5, 0.6) is 0 Å². The molecule has 1 heterocycles. The van der Waals surface area contributed by atoms with E-state index >= 15 is 0 Å². The predicted molar refractivity (Wildman–Crippen MR) is 99.8 cm³/mol. The van der Waals surface area contributed by atoms with Gasteiger partial charge in [-0.25, -0.2) is 14.4 Å². The van der Waals surface area contributed by atoms with Crippen LogP contribution >= 0.6 is 11.3 Å². The first-order chi connectivity index (χ1) is 12.8. The van der Waals surface area contributed by atoms with Gasteiger partial charge in [0.2, 0.25) is 0 Å². The quantitative estimate of drug-likeness (QED) is 0.387. The van der Waals surface area contributed by atoms with Crippen molar-refractivity contribution in [2.24, 2.45) is 0 Å². The number of carbonyl (C=O) groups is 4. The molecule has 0 spiro atoms. The molecule has 0 bridgehead atoms. The van der Waals surface area contributed by atoms with E-state index in [0.717, 1.165) is 22.6 Å². The molecule has 0 fully saturated rings. The summed E-state index contributed by atoms with van der Waals surface area (Å²) in [5.74, 6) is -2.66. The van der Waals surface area contributed by atoms with Gasteiger partial charge in [0.25, 0.3) is 5.91 Å². The Morgan fingerprint density at radius 3 is 2.11 bits per heavy atom. The number of aryl methyl sites for hydroxylation is 1. The molecule has 0 atom stereocenters. The number of carbonyl (C=O) groups excluding carboxylic acids is 4. The van der Waals surface area contributed by atoms with Crippen LogP contribution in [-0.2, 0) is 35.0 Å². The molecule has 0 radical (unpaired) electrons. The average molecular weight is 397 g/mol. The van der Waals surface area contributed by atoms with Gasteiger partial charge < -0.3 is 19.5 Å². The van der Waals surface area contributed by atoms with Crippen LogP contribution in [0.15, 0.2) is 12.2 Å². The summed E-state index contributed by atoms with van der Waals surface area (Å²) >= 11 is 1.25. The number of hydrogen-bond donors (Lipinski definition) is 1. The van der Waals surface area contributed by atoms with Crippen LogP contribution in [0.3, 0.4) is 0 Å². The van der Waals surface area contributed by atoms with Gasteiger partial charge in [-0.1, -0.05) is 6.92 Å². The number of anilines is 1. The number of amides is 1. The number of rotatable bonds is 9. The van der Waals surface area contributed by atoms with Gasteiger partial charge in [0.1, 0.15) is 5.00 Å². The minimum atomic E-state index is -0.861. The Morgan fingerprint density at radius 2 is 1.56 bits per heavy atom. The van der Waals surface area contributed by atoms with Gasteiger partial charge >= 0.3 is 17.9 Å². The summed E-state index contributed by atoms with van der Waals surface area (Å²) in [6.07, 6.45) is 2.40. The Bertz CT molecular complexity index is 736. The number of hydrogen-bond acceptors (Lipinski definition) is 8. The zero-order valence-electron chi connectivity index (χ0n) is 15.7. The van der Waals surface area contributed by atoms with Crippen molar-refractivity contribution < 1.29 is 33.4 Å². The van der Waals surface area contributed by atoms with Crippen LogP contribution in [0.2, 0.25) is 0 Å². The van der Waals surface area contributed by atoms with E-state index in [4.69, 9.17) is 9.47 Å². The van der Waals surface area contributed by atoms with Crippen molar-refractivity contribution >= 4 is 40.2 Å². The van der Waals surface area contributed by atoms with Crippen LogP contribution in [0.25, 0.3) is 0 Å². The smallest absolute Gasteiger partial charge is 0.341 e. The molecule has 1 N–H and O–H groups in total. The van der Waals surface area contributed by atoms with E-state index in [-0.39, 0.29) is 13.2 Å². The highest BCUT2D eigenvalue weighted by molar-refractivity contribution is 7.16. The number of esters is 3. The highest BCUT2D eigenvalue weighted by atomic mass is 32.1. The molecule has 27 heavy (non-hydrogen) atoms. The maximum absolute atomic E-state index is 12.2. The standard InChI is InChI=1S/C18H23NO7S/c1-5-12-11(4)27-17(16(12)18(23)25-7-3)19-13(20)10-26-15(22)9-8-14(21)24-6-2/h8-9H,5-7,10H2,1-4H3,(H,19,20)/b9-8+. The van der Waals surface area contributed by atoms with Crippen molar-refractivity contribution in [2.75, 3.05) is 25.1 Å². The van der Waals surface area contributed by atoms with Gasteiger partial charge in [0.15, 0.2) is 6.61 Å². The van der Waals surface area contributed by atoms with E-state index in [2.05, 4.69) is 10.1 Å². The van der Waals surface area contributed by atoms with Crippen molar-refractivity contribution in [3.63, 3.8) is 0 Å². The lowest BCUT2D eigenvalue weighted by molar-refractivity contribution is -0.143. The summed E-state index contributed by atoms with van der Waals surface area (Å²) in [6.45, 7) is 6.92. The van der Waals surface area contributed by atoms with E-state index in [1.807, 2.05) is 13.8 Å². The summed E-state index contributed by atoms with van der Waals surface area (Å²) in [4.78, 5) is 47.8. The molecule has 0 unspecified atom stereocenters. The van der Waals surface area contributed by atoms with Gasteiger partial charge in [0.05, 0.1) is 18.8 Å². The van der Waals surface area contributed by atoms with Crippen LogP contribution in [0, 0.1) is 6.92 Å². The summed E-state index contributed by atoms with van der Waals surface area (Å²) in [5, 5.41) is 2.92. The van der Waals surface area contributed by atoms with Crippen LogP contribution in [-0.4, -0.2) is 43.6 Å². The fraction of sp³-hybridized carbons (Fsp3) is 0.444. The second-order valence-electron chi connectivity index (χ2n) is 5.16. The van der Waals surface area contributed by atoms with Gasteiger partial charge in [-0.05, 0) is 32.8 Å². The molecule has 9 heteroatoms. The van der Waals surface area contributed by atoms with Crippen molar-refractivity contribution in [2.45, 2.75) is 34.1 Å². The van der Waals surface area contributed by atoms with Gasteiger partial charge in [-0.2, -0.15) is 0 Å². The summed E-state index contributed by atoms with van der Waals surface area (Å²) < 4.78 is 14.4. The molecule has 0 aliphatic heterocycles. The van der Waals surface area contributed by atoms with Crippen molar-refractivity contribution in [3.8, 4) is 0 Å². The topological polar surface area (TPSA) is 108 Å². The Kier molecular flexibility index (Phi) is 9.21. The Morgan fingerprint density at radius 1 is 0.963 bits per heavy atom. The molecule has 1 aromatic rings. The van der Waals surface area contributed by atoms with Gasteiger partial charge in [-0.3, -0.25) is 4.79 Å². The molecule has 0 aliphatic carbocycles. The van der Waals surface area contributed by atoms with Gasteiger partial charge in [-0.15, -0.1) is 11.3 Å². The average Bonchev–Trinajstić information content (AvgIpc) is 2.93. The highest BCUT2D eigenvalue weighted by Crippen LogP contribution is 2.34. The molecule has 1 amide bonds. The Labute approximate surface area is 161 Å². The number of thiophene rings is 1. The fourth-order valence-electron chi connectivity index (χ4n) is 2.19. The van der Waals surface area contributed by atoms with Crippen LogP contribution < -0.4 is 5.32 Å². The normalized spacial score (nSPS) is 10.5. The molecule has 148 valence electrons. The zero-order chi connectivity index (χ0) is 20.4. The minimum absolute atomic E-state index is 0.184. The Balaban J connectivity index is 2.73. The van der Waals surface area contributed by atoms with E-state index in [0.29, 0.717) is 17.0 Å². The molecular weight excluding hydrogens is 374 g/mol. The van der Waals surface area contributed by atoms with E-state index in [9.17, 15) is 19.2 Å². The lowest BCUT2D eigenvalue weighted by atomic mass is 10.1. The number of ether oxygens (including phenoxy) is 3. The first kappa shape index (κ1) is 22.4. The summed E-state index contributed by atoms with van der Waals surface area (Å²) in [5.41, 5.74) is 1.13. The third-order valence-corrected chi connectivity index (χ3v) is 4.35. The zero-order valence-corrected chi connectivity index (χ0v) is 16.6. The first-order valence-electron chi connectivity index (χ1n) is 8.44. The second-order valence-corrected chi connectivity index (χ2v) is 6.38. The largest absolute Gasteiger partial charge is 0.463 e. The third kappa shape index (κ3) is 6.86. The van der Waals surface area contributed by atoms with Crippen molar-refractivity contribution in [1.82, 2.24) is 0 Å². The molecule has 0 saturated heterocycles. The molecule has 0 aromatic carbocycles. The Hall–Kier alpha value is -2.68. The van der Waals surface area contributed by atoms with E-state index in [1.165, 1.54) is 11.3 Å². The maximum Gasteiger partial charge on any atom is 0.341 e. The molecule has 1 aromatic heterocycles. The predicted octanol–water partition coefficient (Wildman–Crippen LogP) is 2.40. The van der Waals surface area contributed by atoms with Gasteiger partial charge in [0, 0.05) is 17.0 Å². The third-order valence-electron chi connectivity index (χ3n) is 3.28. The van der Waals surface area contributed by atoms with Crippen molar-refractivity contribution in [1.29, 1.82) is 0 Å². The lowest BCUT2D eigenvalue weighted by Gasteiger charge is -2.08. The van der Waals surface area contributed by atoms with E-state index < -0.39 is 30.4 Å². The molecule has 8 nitrogen and oxygen atoms in total. The lowest BCUT2D eigenvalue weighted by Crippen LogP contribution is -2.21. The van der Waals surface area contributed by atoms with E-state index in [1.54, 1.807) is 13.8 Å². The molecular formula is C18H23NO7S. The monoisotopic (exact) mass is 397 g/mol. The maximum atomic E-state index is 12.2. The van der Waals surface area contributed by atoms with Crippen LogP contribution in [0.4, 0.5) is 5.00 Å². The van der Waals surface area contributed by atoms with Crippen LogP contribution in [0.1, 0.15) is 41.6 Å². The summed E-state index contributed by atoms with van der Waals surface area (Å²) in [6, 6.07) is 0. The number of nitrogens with one attached hydrogen (secondary N) is 1. The first-order valence-corrected chi connectivity index (χ1v) is 9.26. The van der Waals surface area contributed by atoms with Crippen molar-refractivity contribution in [3.05, 3.63) is 28.2 Å². The summed E-state index contributed by atoms with van der Waals surface area (Å²) in [7, 11) is 0. The highest BCUT2D eigenvalue weighted by Gasteiger charge is 2.23. The SMILES string of the molecule is CCOC(=O)/C=C/C(=O)OCC(=O)Nc1sc(C)c(CC)c1C(=O)OCC. The molecule has 0 saturated carbocycles. The minimum Gasteiger partial charge on any atom is -0.463 e. The molecule has 0 aliphatic rings.